The number of pyridine rings is 1. The number of nitriles is 2. The summed E-state index contributed by atoms with van der Waals surface area (Å²) < 4.78 is 34.0. The van der Waals surface area contributed by atoms with Crippen molar-refractivity contribution >= 4 is 21.7 Å². The van der Waals surface area contributed by atoms with Gasteiger partial charge in [-0.3, -0.25) is 0 Å². The molecule has 0 unspecified atom stereocenters. The van der Waals surface area contributed by atoms with Crippen molar-refractivity contribution in [3.8, 4) is 12.1 Å². The third-order valence-corrected chi connectivity index (χ3v) is 5.59. The van der Waals surface area contributed by atoms with Crippen LogP contribution in [0.5, 0.6) is 0 Å². The van der Waals surface area contributed by atoms with E-state index in [1.165, 1.54) is 10.8 Å². The Hall–Kier alpha value is -3.65. The van der Waals surface area contributed by atoms with E-state index in [1.54, 1.807) is 0 Å². The standard InChI is InChI=1S/C13H8N.2C9H9N.ClHO4.Pt/c1-2-6-12-10(4-1)7-8-11-5-3-9-14-13(11)12;2*1-7-4-3-5-8(2)9(7)6-10;2-1(3,4)5;/h1-5,7-9H;2*3-5H,1-2H3;(H,2,3,4,5);/q-1;;;;+2/p-1. The molecule has 0 fully saturated rings. The van der Waals surface area contributed by atoms with Crippen molar-refractivity contribution in [3.05, 3.63) is 125 Å². The van der Waals surface area contributed by atoms with Crippen LogP contribution < -0.4 is 18.6 Å². The van der Waals surface area contributed by atoms with Gasteiger partial charge in [-0.05, 0) is 66.9 Å². The Bertz CT molecular complexity index is 1480. The van der Waals surface area contributed by atoms with Crippen LogP contribution in [0.15, 0.2) is 85.1 Å². The molecule has 4 aromatic carbocycles. The van der Waals surface area contributed by atoms with Crippen LogP contribution in [-0.2, 0) is 21.1 Å². The van der Waals surface area contributed by atoms with Crippen LogP contribution in [0.3, 0.4) is 0 Å². The fourth-order valence-corrected chi connectivity index (χ4v) is 3.72. The van der Waals surface area contributed by atoms with Gasteiger partial charge in [0.1, 0.15) is 0 Å². The summed E-state index contributed by atoms with van der Waals surface area (Å²) in [5.74, 6) is 0. The number of aryl methyl sites for hydroxylation is 4. The fraction of sp³-hybridized carbons (Fsp3) is 0.129. The number of benzene rings is 4. The van der Waals surface area contributed by atoms with E-state index in [4.69, 9.17) is 29.2 Å². The van der Waals surface area contributed by atoms with Crippen LogP contribution in [0.1, 0.15) is 33.4 Å². The molecule has 0 amide bonds. The zero-order chi connectivity index (χ0) is 29.0. The zero-order valence-corrected chi connectivity index (χ0v) is 25.3. The van der Waals surface area contributed by atoms with Crippen molar-refractivity contribution in [3.63, 3.8) is 0 Å². The molecule has 1 aromatic heterocycles. The maximum Gasteiger partial charge on any atom is 2.00 e. The van der Waals surface area contributed by atoms with Crippen LogP contribution in [-0.4, -0.2) is 4.98 Å². The molecular formula is C31H26ClN3O4Pt. The van der Waals surface area contributed by atoms with Gasteiger partial charge in [-0.2, -0.15) is 10.5 Å². The minimum Gasteiger partial charge on any atom is -0.304 e. The Morgan fingerprint density at radius 1 is 0.650 bits per heavy atom. The van der Waals surface area contributed by atoms with E-state index >= 15 is 0 Å². The van der Waals surface area contributed by atoms with Crippen molar-refractivity contribution in [2.24, 2.45) is 0 Å². The number of hydrogen-bond donors (Lipinski definition) is 0. The van der Waals surface area contributed by atoms with Crippen LogP contribution >= 0.6 is 0 Å². The zero-order valence-electron chi connectivity index (χ0n) is 22.3. The molecule has 5 rings (SSSR count). The first-order chi connectivity index (χ1) is 18.5. The maximum atomic E-state index is 8.65. The Morgan fingerprint density at radius 3 is 1.50 bits per heavy atom. The SMILES string of the molecule is Cc1cccc(C)c1C#N.Cc1cccc(C)c1C#N.[O-][Cl+3]([O-])([O-])[O-].[Pt+2].[c-]1cccc2ccc3cccnc3c12. The van der Waals surface area contributed by atoms with Crippen LogP contribution in [0.4, 0.5) is 0 Å². The summed E-state index contributed by atoms with van der Waals surface area (Å²) in [6.07, 6.45) is 1.82. The van der Waals surface area contributed by atoms with E-state index in [9.17, 15) is 0 Å². The molecule has 0 radical (unpaired) electrons. The Balaban J connectivity index is 0.000000279. The van der Waals surface area contributed by atoms with E-state index in [-0.39, 0.29) is 21.1 Å². The molecule has 0 bridgehead atoms. The third kappa shape index (κ3) is 10.8. The summed E-state index contributed by atoms with van der Waals surface area (Å²) in [5, 5.41) is 20.8. The number of fused-ring (bicyclic) bond motifs is 3. The smallest absolute Gasteiger partial charge is 0.304 e. The number of aromatic nitrogens is 1. The van der Waals surface area contributed by atoms with Crippen LogP contribution in [0.25, 0.3) is 21.7 Å². The summed E-state index contributed by atoms with van der Waals surface area (Å²) in [5.41, 5.74) is 6.88. The molecule has 0 aliphatic carbocycles. The van der Waals surface area contributed by atoms with Crippen molar-refractivity contribution in [2.75, 3.05) is 0 Å². The molecular weight excluding hydrogens is 709 g/mol. The molecule has 0 aliphatic rings. The number of nitrogens with zero attached hydrogens (tertiary/aromatic N) is 3. The predicted molar refractivity (Wildman–Crippen MR) is 139 cm³/mol. The molecule has 0 saturated carbocycles. The van der Waals surface area contributed by atoms with Crippen molar-refractivity contribution < 1.29 is 49.9 Å². The van der Waals surface area contributed by atoms with Gasteiger partial charge in [0, 0.05) is 6.20 Å². The van der Waals surface area contributed by atoms with Gasteiger partial charge in [-0.15, -0.1) is 45.3 Å². The molecule has 40 heavy (non-hydrogen) atoms. The van der Waals surface area contributed by atoms with Gasteiger partial charge >= 0.3 is 21.1 Å². The van der Waals surface area contributed by atoms with E-state index in [1.807, 2.05) is 88.5 Å². The maximum absolute atomic E-state index is 8.65. The van der Waals surface area contributed by atoms with Gasteiger partial charge in [0.2, 0.25) is 0 Å². The van der Waals surface area contributed by atoms with E-state index in [0.29, 0.717) is 0 Å². The topological polar surface area (TPSA) is 153 Å². The first kappa shape index (κ1) is 34.4. The quantitative estimate of drug-likeness (QED) is 0.175. The third-order valence-electron chi connectivity index (χ3n) is 5.59. The molecule has 7 nitrogen and oxygen atoms in total. The molecule has 0 spiro atoms. The number of rotatable bonds is 0. The van der Waals surface area contributed by atoms with Gasteiger partial charge in [-0.25, -0.2) is 18.6 Å². The monoisotopic (exact) mass is 734 g/mol. The normalized spacial score (nSPS) is 9.75. The van der Waals surface area contributed by atoms with Gasteiger partial charge in [0.15, 0.2) is 0 Å². The van der Waals surface area contributed by atoms with Crippen molar-refractivity contribution in [1.29, 1.82) is 10.5 Å². The summed E-state index contributed by atoms with van der Waals surface area (Å²) in [6, 6.07) is 33.5. The molecule has 0 saturated heterocycles. The van der Waals surface area contributed by atoms with Crippen molar-refractivity contribution in [2.45, 2.75) is 27.7 Å². The average Bonchev–Trinajstić information content (AvgIpc) is 2.89. The van der Waals surface area contributed by atoms with Crippen LogP contribution in [0, 0.1) is 66.7 Å². The number of hydrogen-bond acceptors (Lipinski definition) is 7. The van der Waals surface area contributed by atoms with Gasteiger partial charge < -0.3 is 4.98 Å². The molecule has 1 heterocycles. The minimum absolute atomic E-state index is 0. The summed E-state index contributed by atoms with van der Waals surface area (Å²) in [4.78, 5) is 4.38. The number of halogens is 1. The molecule has 9 heteroatoms. The second-order valence-corrected chi connectivity index (χ2v) is 9.17. The average molecular weight is 735 g/mol. The second-order valence-electron chi connectivity index (χ2n) is 8.41. The summed E-state index contributed by atoms with van der Waals surface area (Å²) >= 11 is 0. The molecule has 206 valence electrons. The van der Waals surface area contributed by atoms with Crippen LogP contribution in [0.2, 0.25) is 0 Å². The molecule has 0 aliphatic heterocycles. The molecule has 5 aromatic rings. The van der Waals surface area contributed by atoms with Gasteiger partial charge in [-0.1, -0.05) is 54.6 Å². The fourth-order valence-electron chi connectivity index (χ4n) is 3.72. The van der Waals surface area contributed by atoms with Gasteiger partial charge in [0.05, 0.1) is 23.3 Å². The van der Waals surface area contributed by atoms with E-state index in [2.05, 4.69) is 47.5 Å². The molecule has 0 N–H and O–H groups in total. The van der Waals surface area contributed by atoms with E-state index < -0.39 is 10.2 Å². The van der Waals surface area contributed by atoms with Crippen molar-refractivity contribution in [1.82, 2.24) is 4.98 Å². The second kappa shape index (κ2) is 16.5. The van der Waals surface area contributed by atoms with Gasteiger partial charge in [0.25, 0.3) is 0 Å². The summed E-state index contributed by atoms with van der Waals surface area (Å²) in [6.45, 7) is 7.80. The Labute approximate surface area is 250 Å². The Kier molecular flexibility index (Phi) is 14.1. The largest absolute Gasteiger partial charge is 2.00 e. The minimum atomic E-state index is -4.94. The predicted octanol–water partition coefficient (Wildman–Crippen LogP) is 2.78. The molecule has 0 atom stereocenters. The Morgan fingerprint density at radius 2 is 1.07 bits per heavy atom. The first-order valence-corrected chi connectivity index (χ1v) is 12.9. The first-order valence-electron chi connectivity index (χ1n) is 11.6. The van der Waals surface area contributed by atoms with E-state index in [0.717, 1.165) is 44.3 Å². The summed E-state index contributed by atoms with van der Waals surface area (Å²) in [7, 11) is -4.94.